The van der Waals surface area contributed by atoms with Crippen LogP contribution in [0.4, 0.5) is 5.69 Å². The maximum absolute atomic E-state index is 12.3. The van der Waals surface area contributed by atoms with Crippen molar-refractivity contribution in [3.63, 3.8) is 0 Å². The monoisotopic (exact) mass is 348 g/mol. The fourth-order valence-electron chi connectivity index (χ4n) is 3.85. The van der Waals surface area contributed by atoms with Gasteiger partial charge in [-0.15, -0.1) is 0 Å². The molecular formula is C21H24N4O. The summed E-state index contributed by atoms with van der Waals surface area (Å²) in [5.74, 6) is 1.08. The molecule has 0 saturated heterocycles. The topological polar surface area (TPSA) is 47.9 Å². The van der Waals surface area contributed by atoms with Gasteiger partial charge in [0, 0.05) is 38.9 Å². The van der Waals surface area contributed by atoms with E-state index in [4.69, 9.17) is 0 Å². The predicted octanol–water partition coefficient (Wildman–Crippen LogP) is 2.21. The molecular weight excluding hydrogens is 324 g/mol. The number of anilines is 1. The molecule has 1 N–H and O–H groups in total. The fraction of sp³-hybridized carbons (Fsp3) is 0.333. The Labute approximate surface area is 154 Å². The summed E-state index contributed by atoms with van der Waals surface area (Å²) in [5, 5.41) is 3.43. The number of nitrogens with one attached hydrogen (secondary N) is 1. The molecule has 2 aliphatic rings. The highest BCUT2D eigenvalue weighted by Gasteiger charge is 2.26. The Morgan fingerprint density at radius 3 is 2.62 bits per heavy atom. The second-order valence-corrected chi connectivity index (χ2v) is 6.77. The second kappa shape index (κ2) is 7.20. The number of fused-ring (bicyclic) bond motifs is 2. The maximum Gasteiger partial charge on any atom is 0.231 e. The Kier molecular flexibility index (Phi) is 4.61. The van der Waals surface area contributed by atoms with E-state index in [9.17, 15) is 4.79 Å². The van der Waals surface area contributed by atoms with Gasteiger partial charge in [0.15, 0.2) is 5.96 Å². The van der Waals surface area contributed by atoms with Crippen molar-refractivity contribution in [2.45, 2.75) is 19.4 Å². The summed E-state index contributed by atoms with van der Waals surface area (Å²) in [5.41, 5.74) is 4.96. The lowest BCUT2D eigenvalue weighted by Gasteiger charge is -2.32. The molecule has 5 nitrogen and oxygen atoms in total. The zero-order valence-electron chi connectivity index (χ0n) is 15.1. The van der Waals surface area contributed by atoms with Crippen molar-refractivity contribution in [1.82, 2.24) is 10.2 Å². The average molecular weight is 348 g/mol. The summed E-state index contributed by atoms with van der Waals surface area (Å²) in [6.07, 6.45) is 1.54. The Morgan fingerprint density at radius 2 is 1.81 bits per heavy atom. The molecule has 0 spiro atoms. The Morgan fingerprint density at radius 1 is 1.08 bits per heavy atom. The number of hydrogen-bond donors (Lipinski definition) is 1. The number of carbonyl (C=O) groups excluding carboxylic acids is 1. The van der Waals surface area contributed by atoms with Gasteiger partial charge in [0.2, 0.25) is 5.91 Å². The van der Waals surface area contributed by atoms with Crippen LogP contribution in [0.1, 0.15) is 16.7 Å². The van der Waals surface area contributed by atoms with Gasteiger partial charge in [-0.3, -0.25) is 9.79 Å². The highest BCUT2D eigenvalue weighted by molar-refractivity contribution is 6.01. The molecule has 0 unspecified atom stereocenters. The van der Waals surface area contributed by atoms with Crippen LogP contribution in [0.2, 0.25) is 0 Å². The van der Waals surface area contributed by atoms with E-state index in [-0.39, 0.29) is 5.91 Å². The van der Waals surface area contributed by atoms with Gasteiger partial charge in [-0.25, -0.2) is 0 Å². The van der Waals surface area contributed by atoms with E-state index in [1.807, 2.05) is 36.2 Å². The number of amides is 1. The summed E-state index contributed by atoms with van der Waals surface area (Å²) in [6.45, 7) is 3.17. The van der Waals surface area contributed by atoms with Gasteiger partial charge in [-0.2, -0.15) is 0 Å². The number of carbonyl (C=O) groups is 1. The molecule has 0 radical (unpaired) electrons. The van der Waals surface area contributed by atoms with Crippen LogP contribution < -0.4 is 10.2 Å². The van der Waals surface area contributed by atoms with Crippen LogP contribution in [0.15, 0.2) is 53.5 Å². The van der Waals surface area contributed by atoms with E-state index in [0.717, 1.165) is 36.7 Å². The molecule has 4 rings (SSSR count). The number of hydrogen-bond acceptors (Lipinski definition) is 2. The van der Waals surface area contributed by atoms with Crippen molar-refractivity contribution in [2.75, 3.05) is 31.6 Å². The molecule has 2 heterocycles. The van der Waals surface area contributed by atoms with E-state index in [1.54, 1.807) is 0 Å². The number of rotatable bonds is 3. The van der Waals surface area contributed by atoms with Gasteiger partial charge in [-0.1, -0.05) is 42.5 Å². The van der Waals surface area contributed by atoms with Crippen LogP contribution in [0.5, 0.6) is 0 Å². The van der Waals surface area contributed by atoms with Crippen LogP contribution in [-0.4, -0.2) is 43.4 Å². The summed E-state index contributed by atoms with van der Waals surface area (Å²) in [7, 11) is 1.82. The molecule has 2 aromatic rings. The van der Waals surface area contributed by atoms with E-state index in [0.29, 0.717) is 19.5 Å². The average Bonchev–Trinajstić information content (AvgIpc) is 3.00. The fourth-order valence-corrected chi connectivity index (χ4v) is 3.85. The van der Waals surface area contributed by atoms with Gasteiger partial charge >= 0.3 is 0 Å². The van der Waals surface area contributed by atoms with Crippen LogP contribution in [-0.2, 0) is 24.2 Å². The standard InChI is InChI=1S/C21H24N4O/c1-22-21(24-12-10-16-6-2-3-8-18(16)15-24)23-11-13-25-19-9-5-4-7-17(19)14-20(25)26/h2-9H,10-15H2,1H3,(H,22,23). The van der Waals surface area contributed by atoms with Gasteiger partial charge < -0.3 is 15.1 Å². The number of nitrogens with zero attached hydrogens (tertiary/aromatic N) is 3. The lowest BCUT2D eigenvalue weighted by atomic mass is 10.0. The molecule has 26 heavy (non-hydrogen) atoms. The first kappa shape index (κ1) is 16.6. The van der Waals surface area contributed by atoms with Crippen molar-refractivity contribution < 1.29 is 4.79 Å². The first-order valence-electron chi connectivity index (χ1n) is 9.17. The lowest BCUT2D eigenvalue weighted by molar-refractivity contribution is -0.117. The third kappa shape index (κ3) is 3.17. The second-order valence-electron chi connectivity index (χ2n) is 6.77. The lowest BCUT2D eigenvalue weighted by Crippen LogP contribution is -2.46. The molecule has 1 amide bonds. The van der Waals surface area contributed by atoms with E-state index < -0.39 is 0 Å². The van der Waals surface area contributed by atoms with Crippen molar-refractivity contribution >= 4 is 17.6 Å². The Hall–Kier alpha value is -2.82. The normalized spacial score (nSPS) is 16.5. The molecule has 0 atom stereocenters. The van der Waals surface area contributed by atoms with Crippen molar-refractivity contribution in [2.24, 2.45) is 4.99 Å². The molecule has 0 saturated carbocycles. The van der Waals surface area contributed by atoms with E-state index in [2.05, 4.69) is 39.5 Å². The first-order chi connectivity index (χ1) is 12.8. The van der Waals surface area contributed by atoms with Gasteiger partial charge in [0.1, 0.15) is 0 Å². The summed E-state index contributed by atoms with van der Waals surface area (Å²) >= 11 is 0. The van der Waals surface area contributed by atoms with Crippen LogP contribution >= 0.6 is 0 Å². The molecule has 0 aliphatic carbocycles. The van der Waals surface area contributed by atoms with Crippen LogP contribution in [0, 0.1) is 0 Å². The molecule has 2 aromatic carbocycles. The highest BCUT2D eigenvalue weighted by Crippen LogP contribution is 2.27. The minimum atomic E-state index is 0.176. The molecule has 134 valence electrons. The van der Waals surface area contributed by atoms with Crippen LogP contribution in [0.25, 0.3) is 0 Å². The number of aliphatic imine (C=N–C) groups is 1. The van der Waals surface area contributed by atoms with E-state index >= 15 is 0 Å². The summed E-state index contributed by atoms with van der Waals surface area (Å²) in [6, 6.07) is 16.6. The Bertz CT molecular complexity index is 845. The summed E-state index contributed by atoms with van der Waals surface area (Å²) < 4.78 is 0. The minimum Gasteiger partial charge on any atom is -0.354 e. The zero-order valence-corrected chi connectivity index (χ0v) is 15.1. The molecule has 0 aromatic heterocycles. The largest absolute Gasteiger partial charge is 0.354 e. The van der Waals surface area contributed by atoms with E-state index in [1.165, 1.54) is 11.1 Å². The molecule has 0 bridgehead atoms. The zero-order chi connectivity index (χ0) is 17.9. The third-order valence-corrected chi connectivity index (χ3v) is 5.19. The van der Waals surface area contributed by atoms with Gasteiger partial charge in [-0.05, 0) is 29.2 Å². The number of para-hydroxylation sites is 1. The minimum absolute atomic E-state index is 0.176. The molecule has 2 aliphatic heterocycles. The predicted molar refractivity (Wildman–Crippen MR) is 104 cm³/mol. The van der Waals surface area contributed by atoms with Crippen molar-refractivity contribution in [3.8, 4) is 0 Å². The number of guanidine groups is 1. The molecule has 5 heteroatoms. The Balaban J connectivity index is 1.36. The third-order valence-electron chi connectivity index (χ3n) is 5.19. The smallest absolute Gasteiger partial charge is 0.231 e. The molecule has 0 fully saturated rings. The highest BCUT2D eigenvalue weighted by atomic mass is 16.2. The van der Waals surface area contributed by atoms with Crippen LogP contribution in [0.3, 0.4) is 0 Å². The maximum atomic E-state index is 12.3. The van der Waals surface area contributed by atoms with Crippen molar-refractivity contribution in [3.05, 3.63) is 65.2 Å². The summed E-state index contributed by atoms with van der Waals surface area (Å²) in [4.78, 5) is 20.9. The van der Waals surface area contributed by atoms with Gasteiger partial charge in [0.05, 0.1) is 6.42 Å². The quantitative estimate of drug-likeness (QED) is 0.683. The number of benzene rings is 2. The van der Waals surface area contributed by atoms with Gasteiger partial charge in [0.25, 0.3) is 0 Å². The van der Waals surface area contributed by atoms with Crippen molar-refractivity contribution in [1.29, 1.82) is 0 Å². The SMILES string of the molecule is CN=C(NCCN1C(=O)Cc2ccccc21)N1CCc2ccccc2C1. The first-order valence-corrected chi connectivity index (χ1v) is 9.17.